The van der Waals surface area contributed by atoms with Crippen LogP contribution < -0.4 is 0 Å². The Morgan fingerprint density at radius 3 is 2.46 bits per heavy atom. The van der Waals surface area contributed by atoms with Gasteiger partial charge in [0.2, 0.25) is 0 Å². The maximum absolute atomic E-state index is 10.4. The number of nitro groups is 2. The zero-order chi connectivity index (χ0) is 10.0. The molecular weight excluding hydrogens is 176 g/mol. The van der Waals surface area contributed by atoms with Crippen LogP contribution in [-0.2, 0) is 0 Å². The van der Waals surface area contributed by atoms with Crippen LogP contribution in [0.15, 0.2) is 23.5 Å². The van der Waals surface area contributed by atoms with Crippen LogP contribution in [0.5, 0.6) is 0 Å². The summed E-state index contributed by atoms with van der Waals surface area (Å²) >= 11 is 0. The topological polar surface area (TPSA) is 86.3 Å². The van der Waals surface area contributed by atoms with E-state index in [4.69, 9.17) is 0 Å². The molecule has 0 saturated heterocycles. The van der Waals surface area contributed by atoms with Crippen molar-refractivity contribution in [1.29, 1.82) is 0 Å². The van der Waals surface area contributed by atoms with Crippen molar-refractivity contribution in [2.24, 2.45) is 5.92 Å². The van der Waals surface area contributed by atoms with E-state index in [2.05, 4.69) is 0 Å². The molecule has 0 saturated carbocycles. The molecule has 0 aromatic carbocycles. The Bertz CT molecular complexity index is 318. The Morgan fingerprint density at radius 1 is 1.38 bits per heavy atom. The van der Waals surface area contributed by atoms with Crippen LogP contribution in [-0.4, -0.2) is 9.85 Å². The smallest absolute Gasteiger partial charge is 0.259 e. The number of nitrogens with zero attached hydrogens (tertiary/aromatic N) is 2. The van der Waals surface area contributed by atoms with Gasteiger partial charge in [0.1, 0.15) is 0 Å². The molecule has 1 aliphatic rings. The number of hydrogen-bond acceptors (Lipinski definition) is 4. The molecule has 0 aromatic heterocycles. The second kappa shape index (κ2) is 3.34. The van der Waals surface area contributed by atoms with E-state index >= 15 is 0 Å². The van der Waals surface area contributed by atoms with Crippen molar-refractivity contribution in [2.75, 3.05) is 0 Å². The average Bonchev–Trinajstić information content (AvgIpc) is 2.04. The van der Waals surface area contributed by atoms with Crippen molar-refractivity contribution in [3.05, 3.63) is 43.8 Å². The van der Waals surface area contributed by atoms with Crippen molar-refractivity contribution in [3.63, 3.8) is 0 Å². The van der Waals surface area contributed by atoms with Crippen LogP contribution >= 0.6 is 0 Å². The summed E-state index contributed by atoms with van der Waals surface area (Å²) in [6.07, 6.45) is 2.77. The second-order valence-corrected chi connectivity index (χ2v) is 2.85. The Kier molecular flexibility index (Phi) is 2.41. The molecular formula is C7H8N2O4. The standard InChI is InChI=1S/C7H8N2O4/c1-5-2-3-6(8(10)11)4-7(5)9(12)13/h3-5H,2H2,1H3. The van der Waals surface area contributed by atoms with E-state index in [1.165, 1.54) is 6.08 Å². The van der Waals surface area contributed by atoms with Gasteiger partial charge in [0.25, 0.3) is 11.4 Å². The molecule has 0 heterocycles. The summed E-state index contributed by atoms with van der Waals surface area (Å²) in [6, 6.07) is 0. The van der Waals surface area contributed by atoms with Gasteiger partial charge in [-0.15, -0.1) is 0 Å². The molecule has 0 radical (unpaired) electrons. The summed E-state index contributed by atoms with van der Waals surface area (Å²) in [6.45, 7) is 1.67. The first-order valence-corrected chi connectivity index (χ1v) is 3.73. The average molecular weight is 184 g/mol. The highest BCUT2D eigenvalue weighted by Gasteiger charge is 2.27. The van der Waals surface area contributed by atoms with Gasteiger partial charge in [0, 0.05) is 0 Å². The molecule has 0 spiro atoms. The molecule has 1 atom stereocenters. The fourth-order valence-corrected chi connectivity index (χ4v) is 1.13. The van der Waals surface area contributed by atoms with Crippen LogP contribution in [0.3, 0.4) is 0 Å². The highest BCUT2D eigenvalue weighted by atomic mass is 16.6. The molecule has 0 aliphatic heterocycles. The molecule has 1 unspecified atom stereocenters. The SMILES string of the molecule is CC1CC=C([N+](=O)[O-])C=C1[N+](=O)[O-]. The first-order valence-electron chi connectivity index (χ1n) is 3.73. The zero-order valence-electron chi connectivity index (χ0n) is 6.97. The van der Waals surface area contributed by atoms with E-state index < -0.39 is 9.85 Å². The molecule has 70 valence electrons. The maximum Gasteiger partial charge on any atom is 0.272 e. The number of allylic oxidation sites excluding steroid dienone is 3. The molecule has 1 aliphatic carbocycles. The van der Waals surface area contributed by atoms with Gasteiger partial charge in [-0.05, 0) is 12.5 Å². The molecule has 0 aromatic rings. The van der Waals surface area contributed by atoms with E-state index in [1.807, 2.05) is 0 Å². The lowest BCUT2D eigenvalue weighted by Gasteiger charge is -2.08. The lowest BCUT2D eigenvalue weighted by atomic mass is 9.98. The van der Waals surface area contributed by atoms with Crippen LogP contribution in [0.4, 0.5) is 0 Å². The summed E-state index contributed by atoms with van der Waals surface area (Å²) in [5, 5.41) is 20.7. The van der Waals surface area contributed by atoms with Crippen molar-refractivity contribution < 1.29 is 9.85 Å². The predicted octanol–water partition coefficient (Wildman–Crippen LogP) is 1.35. The normalized spacial score (nSPS) is 21.8. The van der Waals surface area contributed by atoms with Crippen molar-refractivity contribution >= 4 is 0 Å². The minimum Gasteiger partial charge on any atom is -0.259 e. The van der Waals surface area contributed by atoms with Gasteiger partial charge in [-0.3, -0.25) is 20.2 Å². The first-order chi connectivity index (χ1) is 6.02. The van der Waals surface area contributed by atoms with Gasteiger partial charge in [-0.2, -0.15) is 0 Å². The largest absolute Gasteiger partial charge is 0.272 e. The van der Waals surface area contributed by atoms with Gasteiger partial charge in [0.05, 0.1) is 21.8 Å². The van der Waals surface area contributed by atoms with Crippen LogP contribution in [0.25, 0.3) is 0 Å². The van der Waals surface area contributed by atoms with Crippen molar-refractivity contribution in [1.82, 2.24) is 0 Å². The molecule has 13 heavy (non-hydrogen) atoms. The Labute approximate surface area is 73.8 Å². The van der Waals surface area contributed by atoms with E-state index in [1.54, 1.807) is 6.92 Å². The van der Waals surface area contributed by atoms with Gasteiger partial charge in [-0.1, -0.05) is 6.92 Å². The quantitative estimate of drug-likeness (QED) is 0.478. The summed E-state index contributed by atoms with van der Waals surface area (Å²) in [5.74, 6) is -0.251. The van der Waals surface area contributed by atoms with Crippen LogP contribution in [0, 0.1) is 26.1 Å². The number of rotatable bonds is 2. The van der Waals surface area contributed by atoms with Gasteiger partial charge in [0.15, 0.2) is 0 Å². The zero-order valence-corrected chi connectivity index (χ0v) is 6.97. The lowest BCUT2D eigenvalue weighted by molar-refractivity contribution is -0.442. The third kappa shape index (κ3) is 1.90. The lowest BCUT2D eigenvalue weighted by Crippen LogP contribution is -2.14. The van der Waals surface area contributed by atoms with E-state index in [-0.39, 0.29) is 17.3 Å². The predicted molar refractivity (Wildman–Crippen MR) is 43.9 cm³/mol. The van der Waals surface area contributed by atoms with E-state index in [0.29, 0.717) is 6.42 Å². The molecule has 0 bridgehead atoms. The Balaban J connectivity index is 2.98. The fraction of sp³-hybridized carbons (Fsp3) is 0.429. The Morgan fingerprint density at radius 2 is 2.00 bits per heavy atom. The molecule has 6 heteroatoms. The minimum absolute atomic E-state index is 0.0887. The molecule has 1 rings (SSSR count). The maximum atomic E-state index is 10.4. The third-order valence-corrected chi connectivity index (χ3v) is 1.90. The van der Waals surface area contributed by atoms with E-state index in [9.17, 15) is 20.2 Å². The summed E-state index contributed by atoms with van der Waals surface area (Å²) in [5.41, 5.74) is -0.279. The van der Waals surface area contributed by atoms with E-state index in [0.717, 1.165) is 6.08 Å². The van der Waals surface area contributed by atoms with Crippen LogP contribution in [0.1, 0.15) is 13.3 Å². The summed E-state index contributed by atoms with van der Waals surface area (Å²) in [4.78, 5) is 19.5. The summed E-state index contributed by atoms with van der Waals surface area (Å²) < 4.78 is 0. The third-order valence-electron chi connectivity index (χ3n) is 1.90. The van der Waals surface area contributed by atoms with Crippen molar-refractivity contribution in [2.45, 2.75) is 13.3 Å². The van der Waals surface area contributed by atoms with Crippen molar-refractivity contribution in [3.8, 4) is 0 Å². The van der Waals surface area contributed by atoms with Gasteiger partial charge >= 0.3 is 0 Å². The molecule has 0 N–H and O–H groups in total. The van der Waals surface area contributed by atoms with Gasteiger partial charge in [-0.25, -0.2) is 0 Å². The Hall–Kier alpha value is -1.72. The molecule has 0 amide bonds. The monoisotopic (exact) mass is 184 g/mol. The van der Waals surface area contributed by atoms with Crippen LogP contribution in [0.2, 0.25) is 0 Å². The number of hydrogen-bond donors (Lipinski definition) is 0. The first kappa shape index (κ1) is 9.37. The molecule has 6 nitrogen and oxygen atoms in total. The van der Waals surface area contributed by atoms with Gasteiger partial charge < -0.3 is 0 Å². The summed E-state index contributed by atoms with van der Waals surface area (Å²) in [7, 11) is 0. The minimum atomic E-state index is -0.616. The molecule has 0 fully saturated rings. The second-order valence-electron chi connectivity index (χ2n) is 2.85. The highest BCUT2D eigenvalue weighted by molar-refractivity contribution is 5.20. The fourth-order valence-electron chi connectivity index (χ4n) is 1.13. The highest BCUT2D eigenvalue weighted by Crippen LogP contribution is 2.23.